The Hall–Kier alpha value is -2.57. The second kappa shape index (κ2) is 18.6. The largest absolute Gasteiger partial charge is 0.457 e. The lowest BCUT2D eigenvalue weighted by Crippen LogP contribution is -2.62. The Morgan fingerprint density at radius 1 is 0.796 bits per heavy atom. The molecule has 14 heteroatoms. The zero-order chi connectivity index (χ0) is 39.1. The highest BCUT2D eigenvalue weighted by Gasteiger charge is 2.59. The van der Waals surface area contributed by atoms with E-state index >= 15 is 0 Å². The van der Waals surface area contributed by atoms with Gasteiger partial charge < -0.3 is 61.6 Å². The lowest BCUT2D eigenvalue weighted by atomic mass is 9.97. The van der Waals surface area contributed by atoms with Gasteiger partial charge in [0.25, 0.3) is 0 Å². The van der Waals surface area contributed by atoms with Crippen molar-refractivity contribution in [3.05, 3.63) is 71.8 Å². The Balaban J connectivity index is 1.54. The summed E-state index contributed by atoms with van der Waals surface area (Å²) in [6.45, 7) is 12.6. The van der Waals surface area contributed by atoms with Crippen LogP contribution < -0.4 is 0 Å². The quantitative estimate of drug-likeness (QED) is 0.142. The van der Waals surface area contributed by atoms with Crippen LogP contribution in [-0.2, 0) is 79.6 Å². The Bertz CT molecular complexity index is 1430. The SMILES string of the molecule is COC(OC)[C@@H]1OC(C)(C)O[C@H]1[C@H](O[C@@H]1O[C@H](COCc2ccccc2)[C@@H]2OC(C)(C)O[C@@H]2[C@H]1OCc1ccccc1)[C@@H](COC(C)(C)OC)OC(C)=O. The number of hydrogen-bond donors (Lipinski definition) is 0. The van der Waals surface area contributed by atoms with Gasteiger partial charge in [0, 0.05) is 28.3 Å². The Kier molecular flexibility index (Phi) is 14.6. The fraction of sp³-hybridized carbons (Fsp3) is 0.675. The predicted octanol–water partition coefficient (Wildman–Crippen LogP) is 4.89. The van der Waals surface area contributed by atoms with Gasteiger partial charge in [-0.05, 0) is 52.7 Å². The molecule has 0 saturated carbocycles. The van der Waals surface area contributed by atoms with Crippen LogP contribution >= 0.6 is 0 Å². The smallest absolute Gasteiger partial charge is 0.303 e. The fourth-order valence-electron chi connectivity index (χ4n) is 6.82. The summed E-state index contributed by atoms with van der Waals surface area (Å²) in [5.74, 6) is -3.68. The van der Waals surface area contributed by atoms with Crippen LogP contribution in [0.2, 0.25) is 0 Å². The minimum atomic E-state index is -1.13. The zero-order valence-electron chi connectivity index (χ0n) is 33.1. The highest BCUT2D eigenvalue weighted by atomic mass is 16.8. The summed E-state index contributed by atoms with van der Waals surface area (Å²) in [4.78, 5) is 12.8. The number of hydrogen-bond acceptors (Lipinski definition) is 14. The molecule has 54 heavy (non-hydrogen) atoms. The van der Waals surface area contributed by atoms with E-state index in [9.17, 15) is 4.79 Å². The molecular weight excluding hydrogens is 704 g/mol. The summed E-state index contributed by atoms with van der Waals surface area (Å²) >= 11 is 0. The number of esters is 1. The summed E-state index contributed by atoms with van der Waals surface area (Å²) in [6.07, 6.45) is -8.70. The molecule has 0 unspecified atom stereocenters. The van der Waals surface area contributed by atoms with Gasteiger partial charge in [-0.2, -0.15) is 0 Å². The lowest BCUT2D eigenvalue weighted by Gasteiger charge is -2.44. The molecule has 3 fully saturated rings. The second-order valence-corrected chi connectivity index (χ2v) is 14.9. The van der Waals surface area contributed by atoms with Gasteiger partial charge in [0.1, 0.15) is 42.7 Å². The molecule has 3 heterocycles. The first-order valence-electron chi connectivity index (χ1n) is 18.4. The molecular formula is C40H58O14. The normalized spacial score (nSPS) is 28.8. The van der Waals surface area contributed by atoms with E-state index in [4.69, 9.17) is 61.6 Å². The van der Waals surface area contributed by atoms with E-state index in [0.717, 1.165) is 11.1 Å². The van der Waals surface area contributed by atoms with Crippen molar-refractivity contribution in [3.8, 4) is 0 Å². The zero-order valence-corrected chi connectivity index (χ0v) is 33.1. The van der Waals surface area contributed by atoms with E-state index in [2.05, 4.69) is 0 Å². The Labute approximate surface area is 318 Å². The Morgan fingerprint density at radius 2 is 1.37 bits per heavy atom. The molecule has 9 atom stereocenters. The number of carbonyl (C=O) groups is 1. The molecule has 3 aliphatic heterocycles. The molecule has 0 aromatic heterocycles. The highest BCUT2D eigenvalue weighted by molar-refractivity contribution is 5.66. The molecule has 0 aliphatic carbocycles. The van der Waals surface area contributed by atoms with Crippen LogP contribution in [0.25, 0.3) is 0 Å². The van der Waals surface area contributed by atoms with Crippen LogP contribution in [0.1, 0.15) is 59.6 Å². The lowest BCUT2D eigenvalue weighted by molar-refractivity contribution is -0.327. The fourth-order valence-corrected chi connectivity index (χ4v) is 6.82. The van der Waals surface area contributed by atoms with E-state index in [1.807, 2.05) is 74.5 Å². The third kappa shape index (κ3) is 11.3. The molecule has 0 spiro atoms. The highest BCUT2D eigenvalue weighted by Crippen LogP contribution is 2.42. The maximum Gasteiger partial charge on any atom is 0.303 e. The first kappa shape index (κ1) is 42.6. The van der Waals surface area contributed by atoms with Crippen LogP contribution in [0.3, 0.4) is 0 Å². The number of methoxy groups -OCH3 is 3. The average molecular weight is 763 g/mol. The van der Waals surface area contributed by atoms with Crippen molar-refractivity contribution >= 4 is 5.97 Å². The van der Waals surface area contributed by atoms with Crippen molar-refractivity contribution in [1.29, 1.82) is 0 Å². The van der Waals surface area contributed by atoms with E-state index in [1.165, 1.54) is 28.3 Å². The molecule has 3 saturated heterocycles. The summed E-state index contributed by atoms with van der Waals surface area (Å²) in [6, 6.07) is 19.6. The summed E-state index contributed by atoms with van der Waals surface area (Å²) < 4.78 is 81.5. The minimum absolute atomic E-state index is 0.146. The van der Waals surface area contributed by atoms with Crippen molar-refractivity contribution in [2.45, 2.75) is 140 Å². The number of benzene rings is 2. The van der Waals surface area contributed by atoms with Gasteiger partial charge >= 0.3 is 5.97 Å². The Morgan fingerprint density at radius 3 is 1.96 bits per heavy atom. The van der Waals surface area contributed by atoms with E-state index in [1.54, 1.807) is 27.7 Å². The van der Waals surface area contributed by atoms with Gasteiger partial charge in [-0.1, -0.05) is 60.7 Å². The van der Waals surface area contributed by atoms with Crippen molar-refractivity contribution in [2.75, 3.05) is 34.5 Å². The van der Waals surface area contributed by atoms with Gasteiger partial charge in [0.05, 0.1) is 26.4 Å². The van der Waals surface area contributed by atoms with Gasteiger partial charge in [0.15, 0.2) is 36.0 Å². The van der Waals surface area contributed by atoms with Gasteiger partial charge in [-0.25, -0.2) is 0 Å². The average Bonchev–Trinajstić information content (AvgIpc) is 3.64. The maximum absolute atomic E-state index is 12.8. The monoisotopic (exact) mass is 762 g/mol. The van der Waals surface area contributed by atoms with Crippen LogP contribution in [0.15, 0.2) is 60.7 Å². The molecule has 302 valence electrons. The molecule has 0 N–H and O–H groups in total. The van der Waals surface area contributed by atoms with Crippen molar-refractivity contribution in [2.24, 2.45) is 0 Å². The molecule has 5 rings (SSSR count). The molecule has 3 aliphatic rings. The number of rotatable bonds is 19. The van der Waals surface area contributed by atoms with Gasteiger partial charge in [-0.15, -0.1) is 0 Å². The summed E-state index contributed by atoms with van der Waals surface area (Å²) in [5, 5.41) is 0. The molecule has 2 aromatic carbocycles. The summed E-state index contributed by atoms with van der Waals surface area (Å²) in [7, 11) is 4.52. The van der Waals surface area contributed by atoms with Crippen LogP contribution in [0.5, 0.6) is 0 Å². The van der Waals surface area contributed by atoms with Crippen LogP contribution in [-0.4, -0.2) is 119 Å². The maximum atomic E-state index is 12.8. The number of ether oxygens (including phenoxy) is 13. The van der Waals surface area contributed by atoms with Crippen LogP contribution in [0, 0.1) is 0 Å². The predicted molar refractivity (Wildman–Crippen MR) is 193 cm³/mol. The third-order valence-corrected chi connectivity index (χ3v) is 9.39. The number of fused-ring (bicyclic) bond motifs is 1. The van der Waals surface area contributed by atoms with Gasteiger partial charge in [-0.3, -0.25) is 4.79 Å². The molecule has 2 aromatic rings. The standard InChI is InChI=1S/C40H58O14/c1-25(41)48-29(24-47-38(2,3)44-10)30(32-35(36(42-8)43-9)54-40(6,7)52-32)50-37-34(46-22-27-19-15-12-16-20-27)33-31(51-39(4,5)53-33)28(49-37)23-45-21-26-17-13-11-14-18-26/h11-20,28-37H,21-24H2,1-10H3/t28-,29-,30-,31+,32+,33+,34-,35-,37+/m1/s1. The van der Waals surface area contributed by atoms with Crippen molar-refractivity contribution < 1.29 is 66.4 Å². The first-order chi connectivity index (χ1) is 25.6. The topological polar surface area (TPSA) is 137 Å². The van der Waals surface area contributed by atoms with E-state index in [-0.39, 0.29) is 19.8 Å². The van der Waals surface area contributed by atoms with Crippen molar-refractivity contribution in [3.63, 3.8) is 0 Å². The van der Waals surface area contributed by atoms with Crippen LogP contribution in [0.4, 0.5) is 0 Å². The second-order valence-electron chi connectivity index (χ2n) is 14.9. The molecule has 0 bridgehead atoms. The first-order valence-corrected chi connectivity index (χ1v) is 18.4. The number of carbonyl (C=O) groups excluding carboxylic acids is 1. The molecule has 0 amide bonds. The van der Waals surface area contributed by atoms with E-state index < -0.39 is 84.7 Å². The molecule has 14 nitrogen and oxygen atoms in total. The summed E-state index contributed by atoms with van der Waals surface area (Å²) in [5.41, 5.74) is 1.94. The van der Waals surface area contributed by atoms with Crippen molar-refractivity contribution in [1.82, 2.24) is 0 Å². The minimum Gasteiger partial charge on any atom is -0.457 e. The van der Waals surface area contributed by atoms with E-state index in [0.29, 0.717) is 6.61 Å². The van der Waals surface area contributed by atoms with Gasteiger partial charge in [0.2, 0.25) is 0 Å². The third-order valence-electron chi connectivity index (χ3n) is 9.39. The molecule has 0 radical (unpaired) electrons.